The van der Waals surface area contributed by atoms with Gasteiger partial charge in [0.25, 0.3) is 0 Å². The number of halogens is 1. The molecule has 2 amide bonds. The molecule has 0 bridgehead atoms. The van der Waals surface area contributed by atoms with Gasteiger partial charge in [-0.25, -0.2) is 9.59 Å². The van der Waals surface area contributed by atoms with Crippen molar-refractivity contribution in [3.8, 4) is 0 Å². The molecule has 0 spiro atoms. The number of ketones is 2. The summed E-state index contributed by atoms with van der Waals surface area (Å²) in [7, 11) is 0. The molecule has 2 fully saturated rings. The van der Waals surface area contributed by atoms with Gasteiger partial charge in [-0.1, -0.05) is 29.8 Å². The maximum Gasteiger partial charge on any atom is 0.410 e. The first kappa shape index (κ1) is 29.4. The molecule has 0 radical (unpaired) electrons. The average molecular weight is 534 g/mol. The minimum atomic E-state index is -0.488. The van der Waals surface area contributed by atoms with Crippen molar-refractivity contribution >= 4 is 39.7 Å². The molecular formula is C24H41BrN2O6. The first-order valence-electron chi connectivity index (χ1n) is 11.5. The molecule has 0 aliphatic carbocycles. The third kappa shape index (κ3) is 9.63. The molecule has 0 saturated carbocycles. The molecule has 2 rings (SSSR count). The zero-order chi connectivity index (χ0) is 25.7. The van der Waals surface area contributed by atoms with Crippen molar-refractivity contribution in [3.05, 3.63) is 0 Å². The number of Topliss-reactive ketones (excluding diaryl/α,β-unsaturated/α-hetero) is 2. The number of carbonyl (C=O) groups is 4. The van der Waals surface area contributed by atoms with E-state index in [1.54, 1.807) is 16.7 Å². The van der Waals surface area contributed by atoms with Crippen LogP contribution in [0.5, 0.6) is 0 Å². The summed E-state index contributed by atoms with van der Waals surface area (Å²) in [6, 6.07) is 0. The highest BCUT2D eigenvalue weighted by Crippen LogP contribution is 2.26. The Morgan fingerprint density at radius 3 is 1.42 bits per heavy atom. The number of likely N-dealkylation sites (tertiary alicyclic amines) is 2. The zero-order valence-corrected chi connectivity index (χ0v) is 23.2. The van der Waals surface area contributed by atoms with Gasteiger partial charge in [-0.05, 0) is 60.3 Å². The zero-order valence-electron chi connectivity index (χ0n) is 21.6. The molecule has 2 saturated heterocycles. The van der Waals surface area contributed by atoms with Crippen LogP contribution < -0.4 is 0 Å². The average Bonchev–Trinajstić information content (AvgIpc) is 3.22. The monoisotopic (exact) mass is 532 g/mol. The Morgan fingerprint density at radius 2 is 1.12 bits per heavy atom. The van der Waals surface area contributed by atoms with Crippen molar-refractivity contribution in [1.82, 2.24) is 9.80 Å². The third-order valence-corrected chi connectivity index (χ3v) is 6.15. The van der Waals surface area contributed by atoms with Gasteiger partial charge in [0.2, 0.25) is 0 Å². The Kier molecular flexibility index (Phi) is 10.4. The number of nitrogens with zero attached hydrogens (tertiary/aromatic N) is 2. The van der Waals surface area contributed by atoms with Crippen molar-refractivity contribution in [2.45, 2.75) is 73.5 Å². The number of rotatable bonds is 3. The molecule has 0 aromatic heterocycles. The Bertz CT molecular complexity index is 727. The van der Waals surface area contributed by atoms with Gasteiger partial charge in [0.15, 0.2) is 0 Å². The Balaban J connectivity index is 0.000000331. The summed E-state index contributed by atoms with van der Waals surface area (Å²) in [6.07, 6.45) is -0.641. The van der Waals surface area contributed by atoms with Crippen molar-refractivity contribution in [1.29, 1.82) is 0 Å². The summed E-state index contributed by atoms with van der Waals surface area (Å²) in [5.41, 5.74) is -0.966. The number of amides is 2. The fourth-order valence-corrected chi connectivity index (χ4v) is 4.35. The normalized spacial score (nSPS) is 25.3. The second kappa shape index (κ2) is 11.7. The van der Waals surface area contributed by atoms with E-state index >= 15 is 0 Å². The van der Waals surface area contributed by atoms with Gasteiger partial charge < -0.3 is 19.3 Å². The largest absolute Gasteiger partial charge is 0.444 e. The maximum atomic E-state index is 11.8. The van der Waals surface area contributed by atoms with Crippen LogP contribution in [0.1, 0.15) is 62.3 Å². The van der Waals surface area contributed by atoms with E-state index in [0.29, 0.717) is 31.5 Å². The second-order valence-electron chi connectivity index (χ2n) is 11.1. The molecule has 2 heterocycles. The predicted octanol–water partition coefficient (Wildman–Crippen LogP) is 4.53. The van der Waals surface area contributed by atoms with E-state index in [1.165, 1.54) is 0 Å². The smallest absolute Gasteiger partial charge is 0.410 e. The molecule has 0 unspecified atom stereocenters. The van der Waals surface area contributed by atoms with Crippen molar-refractivity contribution in [2.75, 3.05) is 31.5 Å². The lowest BCUT2D eigenvalue weighted by molar-refractivity contribution is -0.121. The number of carbonyl (C=O) groups excluding carboxylic acids is 4. The maximum absolute atomic E-state index is 11.8. The van der Waals surface area contributed by atoms with Crippen LogP contribution in [0.2, 0.25) is 0 Å². The molecule has 2 aliphatic heterocycles. The first-order chi connectivity index (χ1) is 14.9. The van der Waals surface area contributed by atoms with E-state index < -0.39 is 11.2 Å². The van der Waals surface area contributed by atoms with Crippen LogP contribution in [0.25, 0.3) is 0 Å². The molecule has 0 N–H and O–H groups in total. The van der Waals surface area contributed by atoms with E-state index in [0.717, 1.165) is 0 Å². The van der Waals surface area contributed by atoms with Crippen molar-refractivity contribution in [2.24, 2.45) is 23.7 Å². The first-order valence-corrected chi connectivity index (χ1v) is 12.6. The van der Waals surface area contributed by atoms with Gasteiger partial charge in [0, 0.05) is 38.0 Å². The summed E-state index contributed by atoms with van der Waals surface area (Å²) in [5, 5.41) is 0.351. The lowest BCUT2D eigenvalue weighted by atomic mass is 9.95. The lowest BCUT2D eigenvalue weighted by Gasteiger charge is -2.24. The lowest BCUT2D eigenvalue weighted by Crippen LogP contribution is -2.36. The molecule has 190 valence electrons. The highest BCUT2D eigenvalue weighted by Gasteiger charge is 2.38. The molecule has 0 aromatic carbocycles. The van der Waals surface area contributed by atoms with Crippen LogP contribution in [0.3, 0.4) is 0 Å². The van der Waals surface area contributed by atoms with Gasteiger partial charge in [0.1, 0.15) is 22.8 Å². The van der Waals surface area contributed by atoms with Gasteiger partial charge in [-0.2, -0.15) is 0 Å². The minimum absolute atomic E-state index is 0.0347. The SMILES string of the molecule is CC(=O)[C@@H]1CN(C(=O)OC(C)(C)C)C[C@H]1C.C[C@@H]1CN(C(=O)OC(C)(C)C)C[C@H]1C(=O)CBr. The van der Waals surface area contributed by atoms with Crippen LogP contribution in [0.4, 0.5) is 9.59 Å². The Hall–Kier alpha value is -1.64. The summed E-state index contributed by atoms with van der Waals surface area (Å²) in [6.45, 7) is 18.8. The summed E-state index contributed by atoms with van der Waals surface area (Å²) >= 11 is 3.17. The fraction of sp³-hybridized carbons (Fsp3) is 0.833. The highest BCUT2D eigenvalue weighted by molar-refractivity contribution is 9.09. The molecule has 2 aliphatic rings. The quantitative estimate of drug-likeness (QED) is 0.495. The van der Waals surface area contributed by atoms with Crippen LogP contribution in [-0.2, 0) is 19.1 Å². The van der Waals surface area contributed by atoms with Gasteiger partial charge in [-0.3, -0.25) is 9.59 Å². The highest BCUT2D eigenvalue weighted by atomic mass is 79.9. The predicted molar refractivity (Wildman–Crippen MR) is 130 cm³/mol. The number of hydrogen-bond donors (Lipinski definition) is 0. The second-order valence-corrected chi connectivity index (χ2v) is 11.7. The van der Waals surface area contributed by atoms with Gasteiger partial charge >= 0.3 is 12.2 Å². The minimum Gasteiger partial charge on any atom is -0.444 e. The Morgan fingerprint density at radius 1 is 0.758 bits per heavy atom. The van der Waals surface area contributed by atoms with Crippen LogP contribution in [-0.4, -0.2) is 76.3 Å². The standard InChI is InChI=1S/C12H20BrNO3.C12H21NO3/c1-8-6-14(7-9(8)10(15)5-13)11(16)17-12(2,3)4;1-8-6-13(7-10(8)9(2)14)11(15)16-12(3,4)5/h8-9H,5-7H2,1-4H3;8,10H,6-7H2,1-5H3/t8-,9-;8-,10-/m11/s1. The Labute approximate surface area is 206 Å². The van der Waals surface area contributed by atoms with E-state index in [9.17, 15) is 19.2 Å². The van der Waals surface area contributed by atoms with Crippen molar-refractivity contribution in [3.63, 3.8) is 0 Å². The van der Waals surface area contributed by atoms with Crippen LogP contribution in [0.15, 0.2) is 0 Å². The topological polar surface area (TPSA) is 93.2 Å². The number of ether oxygens (including phenoxy) is 2. The van der Waals surface area contributed by atoms with E-state index in [2.05, 4.69) is 15.9 Å². The number of alkyl halides is 1. The molecule has 9 heteroatoms. The molecule has 4 atom stereocenters. The summed E-state index contributed by atoms with van der Waals surface area (Å²) < 4.78 is 10.6. The fourth-order valence-electron chi connectivity index (χ4n) is 3.93. The van der Waals surface area contributed by atoms with E-state index in [1.807, 2.05) is 55.4 Å². The van der Waals surface area contributed by atoms with Gasteiger partial charge in [0.05, 0.1) is 5.33 Å². The van der Waals surface area contributed by atoms with E-state index in [-0.39, 0.29) is 47.4 Å². The molecule has 33 heavy (non-hydrogen) atoms. The molecular weight excluding hydrogens is 492 g/mol. The van der Waals surface area contributed by atoms with Crippen LogP contribution in [0, 0.1) is 23.7 Å². The van der Waals surface area contributed by atoms with Gasteiger partial charge in [-0.15, -0.1) is 0 Å². The summed E-state index contributed by atoms with van der Waals surface area (Å²) in [5.74, 6) is 0.633. The molecule has 0 aromatic rings. The third-order valence-electron chi connectivity index (χ3n) is 5.60. The number of hydrogen-bond acceptors (Lipinski definition) is 6. The van der Waals surface area contributed by atoms with E-state index in [4.69, 9.17) is 9.47 Å². The van der Waals surface area contributed by atoms with Crippen molar-refractivity contribution < 1.29 is 28.7 Å². The molecule has 8 nitrogen and oxygen atoms in total. The van der Waals surface area contributed by atoms with Crippen LogP contribution >= 0.6 is 15.9 Å². The summed E-state index contributed by atoms with van der Waals surface area (Å²) in [4.78, 5) is 49.8.